The minimum absolute atomic E-state index is 0.0389. The molecular weight excluding hydrogens is 318 g/mol. The lowest BCUT2D eigenvalue weighted by Gasteiger charge is -2.21. The fraction of sp³-hybridized carbons (Fsp3) is 0.562. The van der Waals surface area contributed by atoms with Crippen molar-refractivity contribution in [1.29, 1.82) is 0 Å². The van der Waals surface area contributed by atoms with E-state index in [0.29, 0.717) is 32.6 Å². The van der Waals surface area contributed by atoms with Crippen LogP contribution >= 0.6 is 0 Å². The summed E-state index contributed by atoms with van der Waals surface area (Å²) in [5, 5.41) is -0.559. The van der Waals surface area contributed by atoms with E-state index >= 15 is 0 Å². The molecule has 23 heavy (non-hydrogen) atoms. The van der Waals surface area contributed by atoms with Gasteiger partial charge in [-0.2, -0.15) is 0 Å². The van der Waals surface area contributed by atoms with Crippen molar-refractivity contribution in [3.63, 3.8) is 0 Å². The molecule has 0 saturated carbocycles. The minimum Gasteiger partial charge on any atom is -0.444 e. The highest BCUT2D eigenvalue weighted by Gasteiger charge is 2.33. The molecule has 7 heteroatoms. The lowest BCUT2D eigenvalue weighted by molar-refractivity contribution is 0.0560. The standard InChI is InChI=1S/C16H21NO5S/c18-16(22-14-7-10-21-12-14)17-8-6-15(23(19,20)11-9-17)13-4-2-1-3-5-13/h1-5,14-15H,6-12H2/t14-,15+/m0/s1. The average Bonchev–Trinajstić information content (AvgIpc) is 2.98. The molecular formula is C16H21NO5S. The third-order valence-electron chi connectivity index (χ3n) is 4.33. The predicted molar refractivity (Wildman–Crippen MR) is 84.9 cm³/mol. The van der Waals surface area contributed by atoms with Gasteiger partial charge in [0.15, 0.2) is 9.84 Å². The van der Waals surface area contributed by atoms with Crippen LogP contribution in [0.25, 0.3) is 0 Å². The zero-order valence-corrected chi connectivity index (χ0v) is 13.7. The van der Waals surface area contributed by atoms with Crippen molar-refractivity contribution < 1.29 is 22.7 Å². The normalized spacial score (nSPS) is 27.4. The van der Waals surface area contributed by atoms with Crippen LogP contribution in [0.1, 0.15) is 23.7 Å². The minimum atomic E-state index is -3.28. The fourth-order valence-electron chi connectivity index (χ4n) is 2.99. The number of carbonyl (C=O) groups excluding carboxylic acids is 1. The zero-order chi connectivity index (χ0) is 16.3. The maximum absolute atomic E-state index is 12.5. The van der Waals surface area contributed by atoms with Crippen LogP contribution in [0.2, 0.25) is 0 Å². The molecule has 1 aromatic rings. The van der Waals surface area contributed by atoms with Gasteiger partial charge < -0.3 is 14.4 Å². The Morgan fingerprint density at radius 1 is 1.17 bits per heavy atom. The van der Waals surface area contributed by atoms with E-state index in [1.165, 1.54) is 4.90 Å². The van der Waals surface area contributed by atoms with Gasteiger partial charge in [-0.15, -0.1) is 0 Å². The molecule has 2 aliphatic heterocycles. The summed E-state index contributed by atoms with van der Waals surface area (Å²) in [6.45, 7) is 1.58. The van der Waals surface area contributed by atoms with Crippen LogP contribution in [0, 0.1) is 0 Å². The second-order valence-electron chi connectivity index (χ2n) is 5.91. The molecule has 0 bridgehead atoms. The van der Waals surface area contributed by atoms with Crippen molar-refractivity contribution in [3.8, 4) is 0 Å². The van der Waals surface area contributed by atoms with Crippen LogP contribution in [-0.2, 0) is 19.3 Å². The van der Waals surface area contributed by atoms with E-state index in [1.54, 1.807) is 0 Å². The van der Waals surface area contributed by atoms with Gasteiger partial charge in [0.05, 0.1) is 24.2 Å². The Morgan fingerprint density at radius 3 is 2.65 bits per heavy atom. The lowest BCUT2D eigenvalue weighted by atomic mass is 10.1. The topological polar surface area (TPSA) is 72.9 Å². The number of sulfone groups is 1. The summed E-state index contributed by atoms with van der Waals surface area (Å²) in [5.74, 6) is -0.0389. The zero-order valence-electron chi connectivity index (χ0n) is 12.9. The van der Waals surface area contributed by atoms with Crippen molar-refractivity contribution >= 4 is 15.9 Å². The van der Waals surface area contributed by atoms with Gasteiger partial charge in [0.1, 0.15) is 6.10 Å². The van der Waals surface area contributed by atoms with Crippen LogP contribution in [0.4, 0.5) is 4.79 Å². The third kappa shape index (κ3) is 3.84. The molecule has 2 heterocycles. The van der Waals surface area contributed by atoms with E-state index in [1.807, 2.05) is 30.3 Å². The highest BCUT2D eigenvalue weighted by Crippen LogP contribution is 2.29. The summed E-state index contributed by atoms with van der Waals surface area (Å²) < 4.78 is 35.6. The average molecular weight is 339 g/mol. The van der Waals surface area contributed by atoms with Crippen molar-refractivity contribution in [3.05, 3.63) is 35.9 Å². The molecule has 0 radical (unpaired) electrons. The van der Waals surface area contributed by atoms with Crippen molar-refractivity contribution in [2.24, 2.45) is 0 Å². The van der Waals surface area contributed by atoms with E-state index in [4.69, 9.17) is 9.47 Å². The summed E-state index contributed by atoms with van der Waals surface area (Å²) in [6, 6.07) is 9.18. The quantitative estimate of drug-likeness (QED) is 0.821. The molecule has 3 rings (SSSR count). The summed E-state index contributed by atoms with van der Waals surface area (Å²) >= 11 is 0. The van der Waals surface area contributed by atoms with Gasteiger partial charge in [-0.25, -0.2) is 13.2 Å². The van der Waals surface area contributed by atoms with Crippen LogP contribution in [-0.4, -0.2) is 57.6 Å². The maximum Gasteiger partial charge on any atom is 0.410 e. The maximum atomic E-state index is 12.5. The molecule has 1 aromatic carbocycles. The monoisotopic (exact) mass is 339 g/mol. The predicted octanol–water partition coefficient (Wildman–Crippen LogP) is 1.77. The van der Waals surface area contributed by atoms with Crippen molar-refractivity contribution in [2.75, 3.05) is 32.1 Å². The molecule has 1 amide bonds. The molecule has 0 unspecified atom stereocenters. The van der Waals surface area contributed by atoms with Crippen molar-refractivity contribution in [2.45, 2.75) is 24.2 Å². The molecule has 0 aromatic heterocycles. The molecule has 0 N–H and O–H groups in total. The number of hydrogen-bond donors (Lipinski definition) is 0. The molecule has 0 spiro atoms. The second kappa shape index (κ2) is 6.88. The number of nitrogens with zero attached hydrogens (tertiary/aromatic N) is 1. The van der Waals surface area contributed by atoms with Gasteiger partial charge in [0.25, 0.3) is 0 Å². The number of amides is 1. The van der Waals surface area contributed by atoms with Crippen LogP contribution in [0.5, 0.6) is 0 Å². The third-order valence-corrected chi connectivity index (χ3v) is 6.45. The summed E-state index contributed by atoms with van der Waals surface area (Å²) in [4.78, 5) is 13.7. The van der Waals surface area contributed by atoms with Gasteiger partial charge in [0.2, 0.25) is 0 Å². The summed E-state index contributed by atoms with van der Waals surface area (Å²) in [5.41, 5.74) is 0.784. The highest BCUT2D eigenvalue weighted by atomic mass is 32.2. The molecule has 2 fully saturated rings. The first-order chi connectivity index (χ1) is 11.1. The number of benzene rings is 1. The van der Waals surface area contributed by atoms with Gasteiger partial charge >= 0.3 is 6.09 Å². The lowest BCUT2D eigenvalue weighted by Crippen LogP contribution is -2.36. The Morgan fingerprint density at radius 2 is 1.96 bits per heavy atom. The van der Waals surface area contributed by atoms with E-state index < -0.39 is 21.2 Å². The first kappa shape index (κ1) is 16.3. The second-order valence-corrected chi connectivity index (χ2v) is 8.21. The van der Waals surface area contributed by atoms with Gasteiger partial charge in [-0.05, 0) is 12.0 Å². The molecule has 126 valence electrons. The first-order valence-corrected chi connectivity index (χ1v) is 9.57. The van der Waals surface area contributed by atoms with Crippen LogP contribution in [0.3, 0.4) is 0 Å². The Kier molecular flexibility index (Phi) is 4.87. The molecule has 2 aliphatic rings. The van der Waals surface area contributed by atoms with Crippen LogP contribution in [0.15, 0.2) is 30.3 Å². The fourth-order valence-corrected chi connectivity index (χ4v) is 4.79. The summed E-state index contributed by atoms with van der Waals surface area (Å²) in [7, 11) is -3.28. The summed E-state index contributed by atoms with van der Waals surface area (Å²) in [6.07, 6.45) is 0.435. The van der Waals surface area contributed by atoms with Gasteiger partial charge in [-0.1, -0.05) is 30.3 Å². The van der Waals surface area contributed by atoms with Crippen molar-refractivity contribution in [1.82, 2.24) is 4.90 Å². The molecule has 2 saturated heterocycles. The number of rotatable bonds is 2. The molecule has 6 nitrogen and oxygen atoms in total. The van der Waals surface area contributed by atoms with Gasteiger partial charge in [-0.3, -0.25) is 0 Å². The van der Waals surface area contributed by atoms with E-state index in [0.717, 1.165) is 5.56 Å². The van der Waals surface area contributed by atoms with E-state index in [-0.39, 0.29) is 18.4 Å². The number of ether oxygens (including phenoxy) is 2. The molecule has 2 atom stereocenters. The number of hydrogen-bond acceptors (Lipinski definition) is 5. The Labute approximate surface area is 136 Å². The SMILES string of the molecule is O=C(O[C@H]1CCOC1)N1CC[C@H](c2ccccc2)S(=O)(=O)CC1. The smallest absolute Gasteiger partial charge is 0.410 e. The highest BCUT2D eigenvalue weighted by molar-refractivity contribution is 7.91. The van der Waals surface area contributed by atoms with E-state index in [2.05, 4.69) is 0 Å². The van der Waals surface area contributed by atoms with Gasteiger partial charge in [0, 0.05) is 19.5 Å². The first-order valence-electron chi connectivity index (χ1n) is 7.86. The Hall–Kier alpha value is -1.60. The Balaban J connectivity index is 1.68. The van der Waals surface area contributed by atoms with E-state index in [9.17, 15) is 13.2 Å². The van der Waals surface area contributed by atoms with Crippen LogP contribution < -0.4 is 0 Å². The number of carbonyl (C=O) groups is 1. The molecule has 0 aliphatic carbocycles. The largest absolute Gasteiger partial charge is 0.444 e. The Bertz CT molecular complexity index is 640.